The number of fused-ring (bicyclic) bond motifs is 1. The van der Waals surface area contributed by atoms with Crippen molar-refractivity contribution >= 4 is 17.6 Å². The standard InChI is InChI=1S/C14H18N4O2.C2HF3O2/c1-10-2-3-12-15-14(16-18(12)8-10)11-4-6-17(7-5-11)9-13(19)20;3-2(4,5)1(6)7/h2-3,8,11H,4-7,9H2,1H3,(H,19,20);(H,6,7). The molecular formula is C16H19F3N4O4. The second kappa shape index (κ2) is 8.33. The Balaban J connectivity index is 0.000000321. The lowest BCUT2D eigenvalue weighted by molar-refractivity contribution is -0.192. The average molecular weight is 388 g/mol. The maximum Gasteiger partial charge on any atom is 0.490 e. The van der Waals surface area contributed by atoms with Gasteiger partial charge in [-0.25, -0.2) is 14.3 Å². The normalized spacial score (nSPS) is 16.0. The summed E-state index contributed by atoms with van der Waals surface area (Å²) in [7, 11) is 0. The number of pyridine rings is 1. The van der Waals surface area contributed by atoms with Crippen molar-refractivity contribution in [3.8, 4) is 0 Å². The van der Waals surface area contributed by atoms with Crippen molar-refractivity contribution in [2.75, 3.05) is 19.6 Å². The molecule has 0 atom stereocenters. The van der Waals surface area contributed by atoms with Gasteiger partial charge < -0.3 is 10.2 Å². The van der Waals surface area contributed by atoms with E-state index in [0.717, 1.165) is 43.0 Å². The lowest BCUT2D eigenvalue weighted by atomic mass is 9.96. The second-order valence-electron chi connectivity index (χ2n) is 6.23. The van der Waals surface area contributed by atoms with Crippen molar-refractivity contribution < 1.29 is 33.0 Å². The second-order valence-corrected chi connectivity index (χ2v) is 6.23. The molecular weight excluding hydrogens is 369 g/mol. The van der Waals surface area contributed by atoms with Gasteiger partial charge in [0.2, 0.25) is 0 Å². The molecule has 0 amide bonds. The fourth-order valence-corrected chi connectivity index (χ4v) is 2.72. The van der Waals surface area contributed by atoms with E-state index in [1.807, 2.05) is 34.7 Å². The number of carboxylic acids is 2. The van der Waals surface area contributed by atoms with Crippen molar-refractivity contribution in [1.29, 1.82) is 0 Å². The number of hydrogen-bond acceptors (Lipinski definition) is 5. The summed E-state index contributed by atoms with van der Waals surface area (Å²) >= 11 is 0. The summed E-state index contributed by atoms with van der Waals surface area (Å²) in [5.41, 5.74) is 2.03. The van der Waals surface area contributed by atoms with Gasteiger partial charge in [-0.3, -0.25) is 9.69 Å². The monoisotopic (exact) mass is 388 g/mol. The topological polar surface area (TPSA) is 108 Å². The highest BCUT2D eigenvalue weighted by Crippen LogP contribution is 2.25. The number of likely N-dealkylation sites (tertiary alicyclic amines) is 1. The van der Waals surface area contributed by atoms with Gasteiger partial charge in [-0.05, 0) is 44.5 Å². The molecule has 3 heterocycles. The highest BCUT2D eigenvalue weighted by molar-refractivity contribution is 5.73. The van der Waals surface area contributed by atoms with E-state index in [2.05, 4.69) is 10.1 Å². The predicted octanol–water partition coefficient (Wildman–Crippen LogP) is 1.94. The largest absolute Gasteiger partial charge is 0.490 e. The van der Waals surface area contributed by atoms with Gasteiger partial charge in [0.15, 0.2) is 11.5 Å². The minimum absolute atomic E-state index is 0.129. The Hall–Kier alpha value is -2.69. The van der Waals surface area contributed by atoms with Gasteiger partial charge >= 0.3 is 18.1 Å². The maximum atomic E-state index is 10.7. The van der Waals surface area contributed by atoms with Crippen LogP contribution in [0.1, 0.15) is 30.1 Å². The van der Waals surface area contributed by atoms with Gasteiger partial charge in [0.1, 0.15) is 0 Å². The third-order valence-corrected chi connectivity index (χ3v) is 4.05. The number of carboxylic acid groups (broad SMARTS) is 2. The molecule has 2 aromatic heterocycles. The number of alkyl halides is 3. The first-order valence-electron chi connectivity index (χ1n) is 8.13. The van der Waals surface area contributed by atoms with Crippen molar-refractivity contribution in [2.45, 2.75) is 31.9 Å². The van der Waals surface area contributed by atoms with Crippen LogP contribution in [-0.2, 0) is 9.59 Å². The van der Waals surface area contributed by atoms with E-state index < -0.39 is 18.1 Å². The van der Waals surface area contributed by atoms with Gasteiger partial charge in [-0.2, -0.15) is 18.3 Å². The van der Waals surface area contributed by atoms with Crippen LogP contribution >= 0.6 is 0 Å². The SMILES string of the molecule is Cc1ccc2nc(C3CCN(CC(=O)O)CC3)nn2c1.O=C(O)C(F)(F)F. The molecule has 0 unspecified atom stereocenters. The Morgan fingerprint density at radius 1 is 1.22 bits per heavy atom. The Labute approximate surface area is 152 Å². The van der Waals surface area contributed by atoms with Crippen molar-refractivity contribution in [3.05, 3.63) is 29.7 Å². The minimum atomic E-state index is -5.08. The molecule has 1 aliphatic heterocycles. The quantitative estimate of drug-likeness (QED) is 0.827. The van der Waals surface area contributed by atoms with E-state index >= 15 is 0 Å². The highest BCUT2D eigenvalue weighted by atomic mass is 19.4. The molecule has 0 bridgehead atoms. The summed E-state index contributed by atoms with van der Waals surface area (Å²) in [6.45, 7) is 3.76. The van der Waals surface area contributed by atoms with Gasteiger partial charge in [0, 0.05) is 12.1 Å². The molecule has 0 aliphatic carbocycles. The van der Waals surface area contributed by atoms with Gasteiger partial charge in [-0.15, -0.1) is 0 Å². The van der Waals surface area contributed by atoms with Gasteiger partial charge in [0.25, 0.3) is 0 Å². The van der Waals surface area contributed by atoms with Crippen LogP contribution in [0.15, 0.2) is 18.3 Å². The van der Waals surface area contributed by atoms with E-state index in [0.29, 0.717) is 5.92 Å². The summed E-state index contributed by atoms with van der Waals surface area (Å²) in [5.74, 6) is -2.30. The molecule has 2 aromatic rings. The predicted molar refractivity (Wildman–Crippen MR) is 87.5 cm³/mol. The number of aliphatic carboxylic acids is 2. The minimum Gasteiger partial charge on any atom is -0.480 e. The molecule has 27 heavy (non-hydrogen) atoms. The van der Waals surface area contributed by atoms with Crippen molar-refractivity contribution in [2.24, 2.45) is 0 Å². The van der Waals surface area contributed by atoms with E-state index in [-0.39, 0.29) is 6.54 Å². The number of piperidine rings is 1. The number of hydrogen-bond donors (Lipinski definition) is 2. The zero-order valence-corrected chi connectivity index (χ0v) is 14.5. The van der Waals surface area contributed by atoms with Gasteiger partial charge in [-0.1, -0.05) is 6.07 Å². The molecule has 1 saturated heterocycles. The summed E-state index contributed by atoms with van der Waals surface area (Å²) in [5, 5.41) is 20.5. The molecule has 1 fully saturated rings. The molecule has 1 aliphatic rings. The first-order chi connectivity index (χ1) is 12.6. The maximum absolute atomic E-state index is 10.7. The van der Waals surface area contributed by atoms with Crippen LogP contribution in [0.2, 0.25) is 0 Å². The molecule has 3 rings (SSSR count). The lowest BCUT2D eigenvalue weighted by Crippen LogP contribution is -2.36. The summed E-state index contributed by atoms with van der Waals surface area (Å²) in [4.78, 5) is 26.1. The number of carbonyl (C=O) groups is 2. The number of rotatable bonds is 3. The fourth-order valence-electron chi connectivity index (χ4n) is 2.72. The highest BCUT2D eigenvalue weighted by Gasteiger charge is 2.38. The average Bonchev–Trinajstić information content (AvgIpc) is 2.97. The summed E-state index contributed by atoms with van der Waals surface area (Å²) in [6.07, 6.45) is -1.27. The number of nitrogens with zero attached hydrogens (tertiary/aromatic N) is 4. The van der Waals surface area contributed by atoms with Crippen LogP contribution in [0.4, 0.5) is 13.2 Å². The molecule has 11 heteroatoms. The lowest BCUT2D eigenvalue weighted by Gasteiger charge is -2.29. The Morgan fingerprint density at radius 3 is 2.33 bits per heavy atom. The van der Waals surface area contributed by atoms with E-state index in [1.165, 1.54) is 0 Å². The number of halogens is 3. The number of aromatic nitrogens is 3. The zero-order valence-electron chi connectivity index (χ0n) is 14.5. The first kappa shape index (κ1) is 20.6. The molecule has 0 saturated carbocycles. The van der Waals surface area contributed by atoms with Crippen LogP contribution in [-0.4, -0.2) is 67.5 Å². The van der Waals surface area contributed by atoms with Crippen molar-refractivity contribution in [1.82, 2.24) is 19.5 Å². The van der Waals surface area contributed by atoms with E-state index in [4.69, 9.17) is 15.0 Å². The molecule has 0 aromatic carbocycles. The Morgan fingerprint density at radius 2 is 1.81 bits per heavy atom. The van der Waals surface area contributed by atoms with E-state index in [1.54, 1.807) is 0 Å². The van der Waals surface area contributed by atoms with Crippen LogP contribution in [0.25, 0.3) is 5.65 Å². The fraction of sp³-hybridized carbons (Fsp3) is 0.500. The zero-order chi connectivity index (χ0) is 20.2. The van der Waals surface area contributed by atoms with Crippen LogP contribution in [0.5, 0.6) is 0 Å². The molecule has 0 spiro atoms. The molecule has 2 N–H and O–H groups in total. The molecule has 0 radical (unpaired) electrons. The summed E-state index contributed by atoms with van der Waals surface area (Å²) in [6, 6.07) is 4.01. The first-order valence-corrected chi connectivity index (χ1v) is 8.13. The summed E-state index contributed by atoms with van der Waals surface area (Å²) < 4.78 is 33.6. The van der Waals surface area contributed by atoms with Crippen molar-refractivity contribution in [3.63, 3.8) is 0 Å². The Bertz CT molecular complexity index is 814. The van der Waals surface area contributed by atoms with Crippen LogP contribution in [0.3, 0.4) is 0 Å². The third kappa shape index (κ3) is 5.91. The smallest absolute Gasteiger partial charge is 0.480 e. The molecule has 8 nitrogen and oxygen atoms in total. The molecule has 148 valence electrons. The number of aryl methyl sites for hydroxylation is 1. The van der Waals surface area contributed by atoms with Gasteiger partial charge in [0.05, 0.1) is 6.54 Å². The van der Waals surface area contributed by atoms with Crippen LogP contribution < -0.4 is 0 Å². The van der Waals surface area contributed by atoms with Crippen LogP contribution in [0, 0.1) is 6.92 Å². The Kier molecular flexibility index (Phi) is 6.37. The van der Waals surface area contributed by atoms with E-state index in [9.17, 15) is 18.0 Å². The third-order valence-electron chi connectivity index (χ3n) is 4.05.